The maximum Gasteiger partial charge on any atom is 0.257 e. The number of hydrogen-bond donors (Lipinski definition) is 2. The quantitative estimate of drug-likeness (QED) is 0.894. The van der Waals surface area contributed by atoms with Crippen molar-refractivity contribution in [2.45, 2.75) is 18.9 Å². The van der Waals surface area contributed by atoms with Crippen molar-refractivity contribution in [2.24, 2.45) is 0 Å². The van der Waals surface area contributed by atoms with Crippen LogP contribution in [0.2, 0.25) is 5.02 Å². The zero-order valence-electron chi connectivity index (χ0n) is 12.6. The average Bonchev–Trinajstić information content (AvgIpc) is 3.12. The second-order valence-corrected chi connectivity index (χ2v) is 6.06. The number of amides is 1. The Kier molecular flexibility index (Phi) is 4.39. The number of carbonyl (C=O) groups is 1. The fourth-order valence-electron chi connectivity index (χ4n) is 2.55. The van der Waals surface area contributed by atoms with Crippen LogP contribution in [0.3, 0.4) is 0 Å². The molecule has 1 atom stereocenters. The number of halogens is 1. The molecule has 0 spiro atoms. The highest BCUT2D eigenvalue weighted by atomic mass is 35.5. The summed E-state index contributed by atoms with van der Waals surface area (Å²) in [4.78, 5) is 12.5. The van der Waals surface area contributed by atoms with E-state index in [2.05, 4.69) is 10.5 Å². The summed E-state index contributed by atoms with van der Waals surface area (Å²) in [6.45, 7) is 2.48. The third-order valence-electron chi connectivity index (χ3n) is 3.88. The van der Waals surface area contributed by atoms with Crippen LogP contribution in [-0.4, -0.2) is 41.5 Å². The predicted molar refractivity (Wildman–Crippen MR) is 84.4 cm³/mol. The third kappa shape index (κ3) is 3.24. The number of nitrogens with one attached hydrogen (secondary N) is 1. The number of ether oxygens (including phenoxy) is 1. The minimum atomic E-state index is -1.02. The Balaban J connectivity index is 1.84. The highest BCUT2D eigenvalue weighted by Gasteiger charge is 2.33. The molecule has 1 unspecified atom stereocenters. The van der Waals surface area contributed by atoms with Gasteiger partial charge in [0.15, 0.2) is 0 Å². The van der Waals surface area contributed by atoms with Gasteiger partial charge >= 0.3 is 0 Å². The van der Waals surface area contributed by atoms with Gasteiger partial charge in [-0.05, 0) is 13.0 Å². The molecule has 3 rings (SSSR count). The van der Waals surface area contributed by atoms with E-state index in [1.54, 1.807) is 25.1 Å². The molecule has 1 amide bonds. The summed E-state index contributed by atoms with van der Waals surface area (Å²) in [6, 6.07) is 7.11. The van der Waals surface area contributed by atoms with Gasteiger partial charge in [0, 0.05) is 25.1 Å². The normalized spacial score (nSPS) is 20.7. The Morgan fingerprint density at radius 3 is 2.96 bits per heavy atom. The molecule has 122 valence electrons. The average molecular weight is 337 g/mol. The van der Waals surface area contributed by atoms with Crippen molar-refractivity contribution >= 4 is 17.5 Å². The molecule has 1 aliphatic heterocycles. The smallest absolute Gasteiger partial charge is 0.257 e. The summed E-state index contributed by atoms with van der Waals surface area (Å²) in [5, 5.41) is 17.4. The lowest BCUT2D eigenvalue weighted by Gasteiger charge is -2.20. The van der Waals surface area contributed by atoms with Gasteiger partial charge in [-0.25, -0.2) is 0 Å². The monoisotopic (exact) mass is 336 g/mol. The number of nitrogens with zero attached hydrogens (tertiary/aromatic N) is 1. The minimum Gasteiger partial charge on any atom is -0.386 e. The van der Waals surface area contributed by atoms with Crippen LogP contribution in [0.4, 0.5) is 0 Å². The summed E-state index contributed by atoms with van der Waals surface area (Å²) in [6.07, 6.45) is 0.493. The van der Waals surface area contributed by atoms with Gasteiger partial charge in [0.25, 0.3) is 5.91 Å². The van der Waals surface area contributed by atoms with Gasteiger partial charge < -0.3 is 19.7 Å². The standard InChI is InChI=1S/C16H17ClN2O4/c1-10-13(15(20)18-8-16(21)6-7-22-9-16)14(19-23-10)11-4-2-3-5-12(11)17/h2-5,21H,6-9H2,1H3,(H,18,20). The SMILES string of the molecule is Cc1onc(-c2ccccc2Cl)c1C(=O)NCC1(O)CCOC1. The van der Waals surface area contributed by atoms with Crippen molar-refractivity contribution in [1.82, 2.24) is 10.5 Å². The number of hydrogen-bond acceptors (Lipinski definition) is 5. The number of carbonyl (C=O) groups excluding carboxylic acids is 1. The molecule has 2 heterocycles. The summed E-state index contributed by atoms with van der Waals surface area (Å²) < 4.78 is 10.3. The molecule has 1 aliphatic rings. The van der Waals surface area contributed by atoms with E-state index in [1.807, 2.05) is 6.07 Å². The Morgan fingerprint density at radius 1 is 1.48 bits per heavy atom. The fraction of sp³-hybridized carbons (Fsp3) is 0.375. The second kappa shape index (κ2) is 6.31. The van der Waals surface area contributed by atoms with Gasteiger partial charge in [-0.1, -0.05) is 35.0 Å². The number of rotatable bonds is 4. The first kappa shape index (κ1) is 16.0. The molecule has 1 saturated heterocycles. The van der Waals surface area contributed by atoms with Gasteiger partial charge in [0.1, 0.15) is 22.6 Å². The number of aliphatic hydroxyl groups is 1. The Labute approximate surface area is 138 Å². The van der Waals surface area contributed by atoms with E-state index in [0.29, 0.717) is 40.6 Å². The van der Waals surface area contributed by atoms with Gasteiger partial charge in [-0.15, -0.1) is 0 Å². The van der Waals surface area contributed by atoms with Crippen molar-refractivity contribution in [2.75, 3.05) is 19.8 Å². The molecule has 0 aliphatic carbocycles. The fourth-order valence-corrected chi connectivity index (χ4v) is 2.77. The molecule has 6 nitrogen and oxygen atoms in total. The van der Waals surface area contributed by atoms with E-state index < -0.39 is 5.60 Å². The molecule has 1 aromatic heterocycles. The topological polar surface area (TPSA) is 84.6 Å². The first-order valence-electron chi connectivity index (χ1n) is 7.30. The van der Waals surface area contributed by atoms with Crippen molar-refractivity contribution in [3.63, 3.8) is 0 Å². The van der Waals surface area contributed by atoms with E-state index in [9.17, 15) is 9.90 Å². The molecule has 1 aromatic carbocycles. The summed E-state index contributed by atoms with van der Waals surface area (Å²) in [7, 11) is 0. The van der Waals surface area contributed by atoms with Crippen LogP contribution in [0.15, 0.2) is 28.8 Å². The van der Waals surface area contributed by atoms with Crippen molar-refractivity contribution in [1.29, 1.82) is 0 Å². The number of aromatic nitrogens is 1. The van der Waals surface area contributed by atoms with E-state index in [-0.39, 0.29) is 19.1 Å². The molecule has 2 aromatic rings. The maximum absolute atomic E-state index is 12.5. The molecular formula is C16H17ClN2O4. The summed E-state index contributed by atoms with van der Waals surface area (Å²) >= 11 is 6.18. The van der Waals surface area contributed by atoms with Crippen molar-refractivity contribution in [3.8, 4) is 11.3 Å². The van der Waals surface area contributed by atoms with Crippen LogP contribution < -0.4 is 5.32 Å². The van der Waals surface area contributed by atoms with Crippen molar-refractivity contribution < 1.29 is 19.2 Å². The number of benzene rings is 1. The zero-order valence-corrected chi connectivity index (χ0v) is 13.4. The summed E-state index contributed by atoms with van der Waals surface area (Å²) in [5.74, 6) is 0.0334. The second-order valence-electron chi connectivity index (χ2n) is 5.65. The third-order valence-corrected chi connectivity index (χ3v) is 4.21. The van der Waals surface area contributed by atoms with Crippen LogP contribution in [0.5, 0.6) is 0 Å². The Morgan fingerprint density at radius 2 is 2.26 bits per heavy atom. The van der Waals surface area contributed by atoms with E-state index >= 15 is 0 Å². The van der Waals surface area contributed by atoms with Gasteiger partial charge in [-0.2, -0.15) is 0 Å². The molecule has 0 bridgehead atoms. The predicted octanol–water partition coefficient (Wildman–Crippen LogP) is 2.18. The molecule has 0 radical (unpaired) electrons. The molecule has 1 fully saturated rings. The minimum absolute atomic E-state index is 0.110. The maximum atomic E-state index is 12.5. The molecule has 7 heteroatoms. The zero-order chi connectivity index (χ0) is 16.4. The van der Waals surface area contributed by atoms with Crippen molar-refractivity contribution in [3.05, 3.63) is 40.6 Å². The van der Waals surface area contributed by atoms with Crippen LogP contribution in [0.25, 0.3) is 11.3 Å². The van der Waals surface area contributed by atoms with Gasteiger partial charge in [0.2, 0.25) is 0 Å². The molecule has 23 heavy (non-hydrogen) atoms. The lowest BCUT2D eigenvalue weighted by atomic mass is 10.0. The van der Waals surface area contributed by atoms with Crippen LogP contribution >= 0.6 is 11.6 Å². The highest BCUT2D eigenvalue weighted by molar-refractivity contribution is 6.33. The molecule has 0 saturated carbocycles. The van der Waals surface area contributed by atoms with Gasteiger partial charge in [-0.3, -0.25) is 4.79 Å². The first-order valence-corrected chi connectivity index (χ1v) is 7.67. The largest absolute Gasteiger partial charge is 0.386 e. The van der Waals surface area contributed by atoms with E-state index in [4.69, 9.17) is 20.9 Å². The molecular weight excluding hydrogens is 320 g/mol. The van der Waals surface area contributed by atoms with E-state index in [0.717, 1.165) is 0 Å². The number of aryl methyl sites for hydroxylation is 1. The Bertz CT molecular complexity index is 723. The van der Waals surface area contributed by atoms with Crippen LogP contribution in [0, 0.1) is 6.92 Å². The van der Waals surface area contributed by atoms with Gasteiger partial charge in [0.05, 0.1) is 11.6 Å². The highest BCUT2D eigenvalue weighted by Crippen LogP contribution is 2.31. The molecule has 2 N–H and O–H groups in total. The van der Waals surface area contributed by atoms with Crippen LogP contribution in [-0.2, 0) is 4.74 Å². The summed E-state index contributed by atoms with van der Waals surface area (Å²) in [5.41, 5.74) is 0.311. The van der Waals surface area contributed by atoms with E-state index in [1.165, 1.54) is 0 Å². The lowest BCUT2D eigenvalue weighted by Crippen LogP contribution is -2.43. The lowest BCUT2D eigenvalue weighted by molar-refractivity contribution is 0.0264. The Hall–Kier alpha value is -1.89. The van der Waals surface area contributed by atoms with Crippen LogP contribution in [0.1, 0.15) is 22.5 Å². The first-order chi connectivity index (χ1) is 11.0.